The fraction of sp³-hybridized carbons (Fsp3) is 0.333. The lowest BCUT2D eigenvalue weighted by Gasteiger charge is -2.05. The Morgan fingerprint density at radius 1 is 1.22 bits per heavy atom. The predicted octanol–water partition coefficient (Wildman–Crippen LogP) is 3.03. The average molecular weight is 241 g/mol. The van der Waals surface area contributed by atoms with Gasteiger partial charge in [-0.05, 0) is 31.2 Å². The maximum absolute atomic E-state index is 4.60. The zero-order chi connectivity index (χ0) is 12.8. The van der Waals surface area contributed by atoms with E-state index >= 15 is 0 Å². The second-order valence-corrected chi connectivity index (χ2v) is 4.22. The molecule has 0 aliphatic rings. The van der Waals surface area contributed by atoms with Gasteiger partial charge in [0, 0.05) is 6.54 Å². The minimum absolute atomic E-state index is 0.918. The Bertz CT molecular complexity index is 546. The minimum atomic E-state index is 0.918. The number of hydrogen-bond acceptors (Lipinski definition) is 3. The number of likely N-dealkylation sites (N-methyl/N-ethyl adjacent to an activating group) is 1. The van der Waals surface area contributed by atoms with E-state index < -0.39 is 0 Å². The summed E-state index contributed by atoms with van der Waals surface area (Å²) in [6.07, 6.45) is 4.99. The number of fused-ring (bicyclic) bond motifs is 1. The van der Waals surface area contributed by atoms with Gasteiger partial charge in [0.2, 0.25) is 0 Å². The first-order chi connectivity index (χ1) is 8.83. The molecule has 1 aromatic heterocycles. The van der Waals surface area contributed by atoms with E-state index in [9.17, 15) is 0 Å². The number of aromatic nitrogens is 2. The average Bonchev–Trinajstić information content (AvgIpc) is 2.43. The van der Waals surface area contributed by atoms with Crippen LogP contribution in [0.15, 0.2) is 36.0 Å². The summed E-state index contributed by atoms with van der Waals surface area (Å²) in [5.74, 6) is 0. The smallest absolute Gasteiger partial charge is 0.0894 e. The molecule has 18 heavy (non-hydrogen) atoms. The molecule has 1 N–H and O–H groups in total. The highest BCUT2D eigenvalue weighted by atomic mass is 14.8. The lowest BCUT2D eigenvalue weighted by atomic mass is 10.1. The summed E-state index contributed by atoms with van der Waals surface area (Å²) in [7, 11) is 0. The van der Waals surface area contributed by atoms with Gasteiger partial charge in [-0.25, -0.2) is 4.98 Å². The first-order valence-electron chi connectivity index (χ1n) is 6.45. The number of hydrogen-bond donors (Lipinski definition) is 1. The van der Waals surface area contributed by atoms with Crippen molar-refractivity contribution in [1.82, 2.24) is 15.3 Å². The summed E-state index contributed by atoms with van der Waals surface area (Å²) >= 11 is 0. The molecule has 0 atom stereocenters. The molecule has 0 spiro atoms. The van der Waals surface area contributed by atoms with E-state index in [0.717, 1.165) is 36.2 Å². The van der Waals surface area contributed by atoms with E-state index in [1.807, 2.05) is 30.5 Å². The fourth-order valence-corrected chi connectivity index (χ4v) is 1.81. The van der Waals surface area contributed by atoms with Crippen LogP contribution in [-0.4, -0.2) is 23.1 Å². The van der Waals surface area contributed by atoms with Crippen molar-refractivity contribution in [2.75, 3.05) is 13.1 Å². The number of nitrogens with zero attached hydrogens (tertiary/aromatic N) is 2. The van der Waals surface area contributed by atoms with Crippen LogP contribution in [0.4, 0.5) is 0 Å². The third kappa shape index (κ3) is 3.14. The molecule has 0 unspecified atom stereocenters. The van der Waals surface area contributed by atoms with E-state index in [-0.39, 0.29) is 0 Å². The lowest BCUT2D eigenvalue weighted by molar-refractivity contribution is 0.762. The fourth-order valence-electron chi connectivity index (χ4n) is 1.81. The van der Waals surface area contributed by atoms with Gasteiger partial charge < -0.3 is 5.32 Å². The molecule has 0 saturated carbocycles. The Hall–Kier alpha value is -1.74. The van der Waals surface area contributed by atoms with Crippen LogP contribution in [0, 0.1) is 0 Å². The van der Waals surface area contributed by atoms with Gasteiger partial charge in [0.25, 0.3) is 0 Å². The zero-order valence-electron chi connectivity index (χ0n) is 11.0. The van der Waals surface area contributed by atoms with Crippen LogP contribution in [0.25, 0.3) is 17.1 Å². The van der Waals surface area contributed by atoms with Gasteiger partial charge in [-0.2, -0.15) is 0 Å². The normalized spacial score (nSPS) is 12.0. The summed E-state index contributed by atoms with van der Waals surface area (Å²) < 4.78 is 0. The van der Waals surface area contributed by atoms with Gasteiger partial charge in [-0.1, -0.05) is 31.6 Å². The molecule has 3 nitrogen and oxygen atoms in total. The summed E-state index contributed by atoms with van der Waals surface area (Å²) in [4.78, 5) is 9.03. The molecule has 0 fully saturated rings. The van der Waals surface area contributed by atoms with Crippen molar-refractivity contribution >= 4 is 17.1 Å². The minimum Gasteiger partial charge on any atom is -0.313 e. The second kappa shape index (κ2) is 6.26. The van der Waals surface area contributed by atoms with Crippen LogP contribution < -0.4 is 5.32 Å². The number of para-hydroxylation sites is 2. The molecule has 0 amide bonds. The molecule has 2 rings (SSSR count). The topological polar surface area (TPSA) is 37.8 Å². The maximum atomic E-state index is 4.60. The third-order valence-electron chi connectivity index (χ3n) is 2.88. The van der Waals surface area contributed by atoms with Crippen LogP contribution in [-0.2, 0) is 0 Å². The van der Waals surface area contributed by atoms with Crippen LogP contribution in [0.3, 0.4) is 0 Å². The van der Waals surface area contributed by atoms with Gasteiger partial charge >= 0.3 is 0 Å². The van der Waals surface area contributed by atoms with Crippen LogP contribution >= 0.6 is 0 Å². The lowest BCUT2D eigenvalue weighted by Crippen LogP contribution is -2.15. The quantitative estimate of drug-likeness (QED) is 0.874. The summed E-state index contributed by atoms with van der Waals surface area (Å²) in [6, 6.07) is 7.95. The molecular formula is C15H19N3. The molecule has 94 valence electrons. The van der Waals surface area contributed by atoms with Crippen LogP contribution in [0.2, 0.25) is 0 Å². The predicted molar refractivity (Wildman–Crippen MR) is 76.3 cm³/mol. The summed E-state index contributed by atoms with van der Waals surface area (Å²) in [5.41, 5.74) is 4.18. The second-order valence-electron chi connectivity index (χ2n) is 4.22. The van der Waals surface area contributed by atoms with E-state index in [1.54, 1.807) is 0 Å². The monoisotopic (exact) mass is 241 g/mol. The van der Waals surface area contributed by atoms with Gasteiger partial charge in [-0.3, -0.25) is 4.98 Å². The molecule has 1 heterocycles. The first-order valence-corrected chi connectivity index (χ1v) is 6.45. The molecule has 1 aromatic carbocycles. The van der Waals surface area contributed by atoms with Crippen molar-refractivity contribution in [3.63, 3.8) is 0 Å². The Kier molecular flexibility index (Phi) is 4.42. The van der Waals surface area contributed by atoms with Crippen molar-refractivity contribution in [3.05, 3.63) is 41.7 Å². The van der Waals surface area contributed by atoms with Crippen LogP contribution in [0.5, 0.6) is 0 Å². The van der Waals surface area contributed by atoms with Crippen molar-refractivity contribution in [1.29, 1.82) is 0 Å². The number of nitrogens with one attached hydrogen (secondary N) is 1. The van der Waals surface area contributed by atoms with Crippen molar-refractivity contribution in [2.45, 2.75) is 20.3 Å². The Morgan fingerprint density at radius 2 is 2.00 bits per heavy atom. The molecule has 0 saturated heterocycles. The summed E-state index contributed by atoms with van der Waals surface area (Å²) in [6.45, 7) is 6.18. The van der Waals surface area contributed by atoms with E-state index in [2.05, 4.69) is 35.2 Å². The Labute approximate surface area is 108 Å². The molecule has 0 radical (unpaired) electrons. The van der Waals surface area contributed by atoms with E-state index in [4.69, 9.17) is 0 Å². The molecular weight excluding hydrogens is 222 g/mol. The van der Waals surface area contributed by atoms with Gasteiger partial charge in [0.15, 0.2) is 0 Å². The van der Waals surface area contributed by atoms with Gasteiger partial charge in [0.05, 0.1) is 22.9 Å². The van der Waals surface area contributed by atoms with E-state index in [0.29, 0.717) is 0 Å². The third-order valence-corrected chi connectivity index (χ3v) is 2.88. The molecule has 2 aromatic rings. The standard InChI is InChI=1S/C15H19N3/c1-3-12(10-16-4-2)9-13-11-17-14-7-5-6-8-15(14)18-13/h5-9,11,16H,3-4,10H2,1-2H3/b12-9+. The van der Waals surface area contributed by atoms with Gasteiger partial charge in [0.1, 0.15) is 0 Å². The Morgan fingerprint density at radius 3 is 2.72 bits per heavy atom. The highest BCUT2D eigenvalue weighted by Gasteiger charge is 1.99. The molecule has 0 aliphatic carbocycles. The number of benzene rings is 1. The van der Waals surface area contributed by atoms with E-state index in [1.165, 1.54) is 5.57 Å². The Balaban J connectivity index is 2.26. The summed E-state index contributed by atoms with van der Waals surface area (Å²) in [5, 5.41) is 3.34. The maximum Gasteiger partial charge on any atom is 0.0894 e. The van der Waals surface area contributed by atoms with Crippen molar-refractivity contribution in [2.24, 2.45) is 0 Å². The zero-order valence-corrected chi connectivity index (χ0v) is 11.0. The highest BCUT2D eigenvalue weighted by Crippen LogP contribution is 2.11. The van der Waals surface area contributed by atoms with Crippen LogP contribution in [0.1, 0.15) is 26.0 Å². The van der Waals surface area contributed by atoms with Crippen molar-refractivity contribution < 1.29 is 0 Å². The first kappa shape index (κ1) is 12.7. The number of rotatable bonds is 5. The molecule has 0 bridgehead atoms. The highest BCUT2D eigenvalue weighted by molar-refractivity contribution is 5.74. The van der Waals surface area contributed by atoms with Crippen molar-refractivity contribution in [3.8, 4) is 0 Å². The molecule has 0 aliphatic heterocycles. The van der Waals surface area contributed by atoms with Gasteiger partial charge in [-0.15, -0.1) is 0 Å². The molecule has 3 heteroatoms. The SMILES string of the molecule is CCNC/C(=C/c1cnc2ccccc2n1)CC. The largest absolute Gasteiger partial charge is 0.313 e.